The van der Waals surface area contributed by atoms with Crippen LogP contribution in [-0.4, -0.2) is 18.4 Å². The first-order valence-electron chi connectivity index (χ1n) is 8.16. The number of hydrogen-bond donors (Lipinski definition) is 1. The quantitative estimate of drug-likeness (QED) is 0.784. The van der Waals surface area contributed by atoms with Gasteiger partial charge >= 0.3 is 0 Å². The predicted octanol–water partition coefficient (Wildman–Crippen LogP) is 3.30. The first kappa shape index (κ1) is 16.0. The molecule has 0 saturated heterocycles. The number of para-hydroxylation sites is 2. The number of amides is 2. The molecule has 1 aliphatic rings. The van der Waals surface area contributed by atoms with E-state index in [0.717, 1.165) is 5.56 Å². The lowest BCUT2D eigenvalue weighted by atomic mass is 10.0. The Morgan fingerprint density at radius 1 is 1.00 bits per heavy atom. The summed E-state index contributed by atoms with van der Waals surface area (Å²) >= 11 is 0. The lowest BCUT2D eigenvalue weighted by Gasteiger charge is -2.15. The lowest BCUT2D eigenvalue weighted by Crippen LogP contribution is -2.32. The van der Waals surface area contributed by atoms with E-state index in [9.17, 15) is 9.59 Å². The number of rotatable bonds is 4. The van der Waals surface area contributed by atoms with Crippen LogP contribution in [0.3, 0.4) is 0 Å². The fourth-order valence-electron chi connectivity index (χ4n) is 3.07. The lowest BCUT2D eigenvalue weighted by molar-refractivity contribution is -0.119. The van der Waals surface area contributed by atoms with Gasteiger partial charge in [-0.15, -0.1) is 0 Å². The normalized spacial score (nSPS) is 15.5. The van der Waals surface area contributed by atoms with Crippen LogP contribution < -0.4 is 15.4 Å². The van der Waals surface area contributed by atoms with Gasteiger partial charge in [0.25, 0.3) is 11.9 Å². The van der Waals surface area contributed by atoms with E-state index in [1.165, 1.54) is 4.90 Å². The van der Waals surface area contributed by atoms with Crippen LogP contribution in [0.5, 0.6) is 11.7 Å². The number of nitrogens with zero attached hydrogens (tertiary/aromatic N) is 1. The van der Waals surface area contributed by atoms with Crippen molar-refractivity contribution in [3.63, 3.8) is 0 Å². The van der Waals surface area contributed by atoms with Gasteiger partial charge in [0.15, 0.2) is 5.76 Å². The summed E-state index contributed by atoms with van der Waals surface area (Å²) in [5, 5.41) is 0. The number of furan rings is 1. The second-order valence-corrected chi connectivity index (χ2v) is 5.96. The molecule has 0 aliphatic carbocycles. The third kappa shape index (κ3) is 2.82. The first-order chi connectivity index (χ1) is 12.6. The molecule has 2 heterocycles. The summed E-state index contributed by atoms with van der Waals surface area (Å²) in [6.07, 6.45) is 0. The highest BCUT2D eigenvalue weighted by Gasteiger charge is 2.36. The Labute approximate surface area is 149 Å². The van der Waals surface area contributed by atoms with Gasteiger partial charge < -0.3 is 19.8 Å². The smallest absolute Gasteiger partial charge is 0.294 e. The Morgan fingerprint density at radius 3 is 2.50 bits per heavy atom. The van der Waals surface area contributed by atoms with E-state index < -0.39 is 11.8 Å². The van der Waals surface area contributed by atoms with Gasteiger partial charge in [0.2, 0.25) is 5.91 Å². The molecular weight excluding hydrogens is 332 g/mol. The molecule has 6 heteroatoms. The number of carbonyl (C=O) groups is 2. The van der Waals surface area contributed by atoms with E-state index >= 15 is 0 Å². The number of ether oxygens (including phenoxy) is 1. The highest BCUT2D eigenvalue weighted by Crippen LogP contribution is 2.37. The average molecular weight is 348 g/mol. The van der Waals surface area contributed by atoms with E-state index in [-0.39, 0.29) is 24.2 Å². The van der Waals surface area contributed by atoms with Crippen molar-refractivity contribution in [3.05, 3.63) is 78.1 Å². The SMILES string of the molecule is NC(=O)[C@H]1CN(C(=O)c2ccc(Oc3ccccc3)o2)c2ccccc21. The highest BCUT2D eigenvalue weighted by atomic mass is 16.6. The van der Waals surface area contributed by atoms with Crippen LogP contribution in [0.15, 0.2) is 71.1 Å². The summed E-state index contributed by atoms with van der Waals surface area (Å²) in [5.41, 5.74) is 6.90. The van der Waals surface area contributed by atoms with Crippen LogP contribution in [-0.2, 0) is 4.79 Å². The van der Waals surface area contributed by atoms with Gasteiger partial charge in [-0.1, -0.05) is 36.4 Å². The zero-order valence-electron chi connectivity index (χ0n) is 13.8. The van der Waals surface area contributed by atoms with Gasteiger partial charge in [0, 0.05) is 18.3 Å². The number of primary amides is 1. The van der Waals surface area contributed by atoms with Gasteiger partial charge in [-0.2, -0.15) is 0 Å². The van der Waals surface area contributed by atoms with E-state index in [4.69, 9.17) is 14.9 Å². The number of nitrogens with two attached hydrogens (primary N) is 1. The summed E-state index contributed by atoms with van der Waals surface area (Å²) in [6.45, 7) is 0.198. The summed E-state index contributed by atoms with van der Waals surface area (Å²) in [7, 11) is 0. The number of carbonyl (C=O) groups excluding carboxylic acids is 2. The Morgan fingerprint density at radius 2 is 1.73 bits per heavy atom. The molecule has 4 rings (SSSR count). The number of benzene rings is 2. The monoisotopic (exact) mass is 348 g/mol. The molecular formula is C20H16N2O4. The molecule has 0 unspecified atom stereocenters. The van der Waals surface area contributed by atoms with Crippen molar-refractivity contribution in [3.8, 4) is 11.7 Å². The largest absolute Gasteiger partial charge is 0.426 e. The molecule has 2 N–H and O–H groups in total. The molecule has 2 amide bonds. The van der Waals surface area contributed by atoms with Crippen LogP contribution in [0.1, 0.15) is 22.0 Å². The van der Waals surface area contributed by atoms with Crippen molar-refractivity contribution in [2.75, 3.05) is 11.4 Å². The summed E-state index contributed by atoms with van der Waals surface area (Å²) < 4.78 is 11.1. The second kappa shape index (κ2) is 6.40. The molecule has 1 atom stereocenters. The van der Waals surface area contributed by atoms with E-state index in [2.05, 4.69) is 0 Å². The van der Waals surface area contributed by atoms with E-state index in [1.807, 2.05) is 36.4 Å². The molecule has 1 aromatic heterocycles. The number of anilines is 1. The minimum Gasteiger partial charge on any atom is -0.426 e. The maximum Gasteiger partial charge on any atom is 0.294 e. The maximum atomic E-state index is 12.9. The third-order valence-corrected chi connectivity index (χ3v) is 4.31. The van der Waals surface area contributed by atoms with Crippen LogP contribution in [0.25, 0.3) is 0 Å². The van der Waals surface area contributed by atoms with Crippen LogP contribution in [0, 0.1) is 0 Å². The van der Waals surface area contributed by atoms with E-state index in [0.29, 0.717) is 11.4 Å². The predicted molar refractivity (Wildman–Crippen MR) is 95.3 cm³/mol. The molecule has 1 aliphatic heterocycles. The molecule has 6 nitrogen and oxygen atoms in total. The zero-order chi connectivity index (χ0) is 18.1. The van der Waals surface area contributed by atoms with Gasteiger partial charge in [0.1, 0.15) is 5.75 Å². The summed E-state index contributed by atoms with van der Waals surface area (Å²) in [5.74, 6) is -0.356. The first-order valence-corrected chi connectivity index (χ1v) is 8.16. The molecule has 2 aromatic carbocycles. The van der Waals surface area contributed by atoms with Crippen LogP contribution in [0.2, 0.25) is 0 Å². The molecule has 0 fully saturated rings. The Balaban J connectivity index is 1.58. The van der Waals surface area contributed by atoms with Gasteiger partial charge in [0.05, 0.1) is 5.92 Å². The standard InChI is InChI=1S/C20H16N2O4/c21-19(23)15-12-22(16-9-5-4-8-14(15)16)20(24)17-10-11-18(26-17)25-13-6-2-1-3-7-13/h1-11,15H,12H2,(H2,21,23)/t15-/m0/s1. The Bertz CT molecular complexity index is 965. The Hall–Kier alpha value is -3.54. The van der Waals surface area contributed by atoms with Crippen LogP contribution >= 0.6 is 0 Å². The van der Waals surface area contributed by atoms with Crippen molar-refractivity contribution >= 4 is 17.5 Å². The molecule has 130 valence electrons. The third-order valence-electron chi connectivity index (χ3n) is 4.31. The fraction of sp³-hybridized carbons (Fsp3) is 0.100. The van der Waals surface area contributed by atoms with Gasteiger partial charge in [-0.05, 0) is 29.8 Å². The highest BCUT2D eigenvalue weighted by molar-refractivity contribution is 6.07. The molecule has 0 radical (unpaired) electrons. The van der Waals surface area contributed by atoms with Crippen molar-refractivity contribution in [1.82, 2.24) is 0 Å². The summed E-state index contributed by atoms with van der Waals surface area (Å²) in [6, 6.07) is 19.5. The zero-order valence-corrected chi connectivity index (χ0v) is 13.8. The minimum absolute atomic E-state index is 0.135. The molecule has 0 saturated carbocycles. The van der Waals surface area contributed by atoms with E-state index in [1.54, 1.807) is 30.3 Å². The van der Waals surface area contributed by atoms with Crippen molar-refractivity contribution in [1.29, 1.82) is 0 Å². The van der Waals surface area contributed by atoms with Crippen molar-refractivity contribution in [2.45, 2.75) is 5.92 Å². The number of hydrogen-bond acceptors (Lipinski definition) is 4. The summed E-state index contributed by atoms with van der Waals surface area (Å²) in [4.78, 5) is 26.1. The molecule has 0 spiro atoms. The maximum absolute atomic E-state index is 12.9. The Kier molecular flexibility index (Phi) is 3.93. The molecule has 0 bridgehead atoms. The van der Waals surface area contributed by atoms with Crippen molar-refractivity contribution in [2.24, 2.45) is 5.73 Å². The van der Waals surface area contributed by atoms with Crippen molar-refractivity contribution < 1.29 is 18.7 Å². The van der Waals surface area contributed by atoms with Crippen LogP contribution in [0.4, 0.5) is 5.69 Å². The van der Waals surface area contributed by atoms with Gasteiger partial charge in [-0.3, -0.25) is 9.59 Å². The minimum atomic E-state index is -0.523. The fourth-order valence-corrected chi connectivity index (χ4v) is 3.07. The molecule has 3 aromatic rings. The number of fused-ring (bicyclic) bond motifs is 1. The average Bonchev–Trinajstić information content (AvgIpc) is 3.27. The topological polar surface area (TPSA) is 85.8 Å². The second-order valence-electron chi connectivity index (χ2n) is 5.96. The van der Waals surface area contributed by atoms with Gasteiger partial charge in [-0.25, -0.2) is 0 Å². The molecule has 26 heavy (non-hydrogen) atoms.